The Balaban J connectivity index is 1.53. The lowest BCUT2D eigenvalue weighted by atomic mass is 10.3. The van der Waals surface area contributed by atoms with Crippen LogP contribution in [0.25, 0.3) is 0 Å². The highest BCUT2D eigenvalue weighted by Crippen LogP contribution is 2.15. The van der Waals surface area contributed by atoms with Crippen LogP contribution in [0.4, 0.5) is 0 Å². The molecule has 2 saturated heterocycles. The van der Waals surface area contributed by atoms with E-state index in [2.05, 4.69) is 15.9 Å². The summed E-state index contributed by atoms with van der Waals surface area (Å²) >= 11 is 0. The van der Waals surface area contributed by atoms with Gasteiger partial charge in [-0.1, -0.05) is 0 Å². The fourth-order valence-electron chi connectivity index (χ4n) is 1.87. The fraction of sp³-hybridized carbons (Fsp3) is 0.900. The van der Waals surface area contributed by atoms with Crippen molar-refractivity contribution < 1.29 is 4.74 Å². The van der Waals surface area contributed by atoms with Crippen LogP contribution in [0.2, 0.25) is 0 Å². The van der Waals surface area contributed by atoms with E-state index in [0.29, 0.717) is 0 Å². The third-order valence-corrected chi connectivity index (χ3v) is 2.89. The first-order valence-electron chi connectivity index (χ1n) is 5.34. The molecule has 0 aromatic heterocycles. The van der Waals surface area contributed by atoms with Gasteiger partial charge in [-0.25, -0.2) is 0 Å². The van der Waals surface area contributed by atoms with Gasteiger partial charge in [0.15, 0.2) is 0 Å². The van der Waals surface area contributed by atoms with Gasteiger partial charge in [0.2, 0.25) is 0 Å². The molecular formula is C10H17N3O. The average Bonchev–Trinajstić information content (AvgIpc) is 2.98. The molecule has 4 heteroatoms. The Labute approximate surface area is 85.0 Å². The molecule has 0 aromatic carbocycles. The topological polar surface area (TPSA) is 39.3 Å². The van der Waals surface area contributed by atoms with E-state index in [1.807, 2.05) is 0 Å². The Hall–Kier alpha value is -0.630. The van der Waals surface area contributed by atoms with Crippen LogP contribution in [0.15, 0.2) is 0 Å². The van der Waals surface area contributed by atoms with Gasteiger partial charge < -0.3 is 4.74 Å². The highest BCUT2D eigenvalue weighted by molar-refractivity contribution is 5.05. The molecule has 2 heterocycles. The van der Waals surface area contributed by atoms with Crippen LogP contribution in [-0.4, -0.2) is 61.8 Å². The summed E-state index contributed by atoms with van der Waals surface area (Å²) in [6, 6.07) is 2.49. The molecule has 0 N–H and O–H groups in total. The van der Waals surface area contributed by atoms with Gasteiger partial charge in [0, 0.05) is 26.2 Å². The maximum atomic E-state index is 8.61. The van der Waals surface area contributed by atoms with Crippen molar-refractivity contribution in [3.8, 4) is 6.07 Å². The van der Waals surface area contributed by atoms with Gasteiger partial charge in [0.1, 0.15) is 6.04 Å². The largest absolute Gasteiger partial charge is 0.379 e. The Morgan fingerprint density at radius 3 is 2.71 bits per heavy atom. The van der Waals surface area contributed by atoms with E-state index >= 15 is 0 Å². The van der Waals surface area contributed by atoms with E-state index in [4.69, 9.17) is 10.00 Å². The van der Waals surface area contributed by atoms with E-state index in [-0.39, 0.29) is 6.04 Å². The van der Waals surface area contributed by atoms with Gasteiger partial charge >= 0.3 is 0 Å². The second kappa shape index (κ2) is 4.74. The Morgan fingerprint density at radius 1 is 1.29 bits per heavy atom. The molecule has 2 fully saturated rings. The Morgan fingerprint density at radius 2 is 2.07 bits per heavy atom. The molecule has 4 nitrogen and oxygen atoms in total. The number of nitrogens with zero attached hydrogens (tertiary/aromatic N) is 3. The maximum absolute atomic E-state index is 8.61. The van der Waals surface area contributed by atoms with Crippen LogP contribution in [0.5, 0.6) is 0 Å². The first-order chi connectivity index (χ1) is 6.90. The smallest absolute Gasteiger partial charge is 0.111 e. The van der Waals surface area contributed by atoms with Crippen LogP contribution in [0, 0.1) is 11.3 Å². The lowest BCUT2D eigenvalue weighted by molar-refractivity contribution is 0.0370. The average molecular weight is 195 g/mol. The SMILES string of the molecule is N#CC1CN1CCCN1CCOCC1. The predicted molar refractivity (Wildman–Crippen MR) is 52.9 cm³/mol. The van der Waals surface area contributed by atoms with Crippen molar-refractivity contribution in [3.05, 3.63) is 0 Å². The lowest BCUT2D eigenvalue weighted by Gasteiger charge is -2.26. The third-order valence-electron chi connectivity index (χ3n) is 2.89. The summed E-state index contributed by atoms with van der Waals surface area (Å²) in [5, 5.41) is 8.61. The zero-order chi connectivity index (χ0) is 9.80. The minimum absolute atomic E-state index is 0.222. The number of ether oxygens (including phenoxy) is 1. The molecule has 14 heavy (non-hydrogen) atoms. The molecule has 78 valence electrons. The molecule has 2 atom stereocenters. The molecule has 0 amide bonds. The summed E-state index contributed by atoms with van der Waals surface area (Å²) in [4.78, 5) is 4.66. The van der Waals surface area contributed by atoms with Gasteiger partial charge in [-0.2, -0.15) is 5.26 Å². The monoisotopic (exact) mass is 195 g/mol. The summed E-state index contributed by atoms with van der Waals surface area (Å²) in [7, 11) is 0. The van der Waals surface area contributed by atoms with Gasteiger partial charge in [-0.15, -0.1) is 0 Å². The minimum Gasteiger partial charge on any atom is -0.379 e. The molecule has 0 aliphatic carbocycles. The zero-order valence-corrected chi connectivity index (χ0v) is 8.48. The lowest BCUT2D eigenvalue weighted by Crippen LogP contribution is -2.37. The van der Waals surface area contributed by atoms with Crippen LogP contribution < -0.4 is 0 Å². The maximum Gasteiger partial charge on any atom is 0.111 e. The third kappa shape index (κ3) is 2.68. The second-order valence-electron chi connectivity index (χ2n) is 3.95. The molecule has 0 saturated carbocycles. The summed E-state index contributed by atoms with van der Waals surface area (Å²) in [5.41, 5.74) is 0. The van der Waals surface area contributed by atoms with E-state index < -0.39 is 0 Å². The summed E-state index contributed by atoms with van der Waals surface area (Å²) < 4.78 is 5.28. The van der Waals surface area contributed by atoms with E-state index in [1.54, 1.807) is 0 Å². The highest BCUT2D eigenvalue weighted by atomic mass is 16.5. The van der Waals surface area contributed by atoms with Crippen molar-refractivity contribution in [2.24, 2.45) is 0 Å². The van der Waals surface area contributed by atoms with Crippen molar-refractivity contribution in [2.45, 2.75) is 12.5 Å². The van der Waals surface area contributed by atoms with Gasteiger partial charge in [0.05, 0.1) is 19.3 Å². The Bertz CT molecular complexity index is 220. The van der Waals surface area contributed by atoms with Crippen molar-refractivity contribution >= 4 is 0 Å². The number of morpholine rings is 1. The first-order valence-corrected chi connectivity index (χ1v) is 5.34. The van der Waals surface area contributed by atoms with Gasteiger partial charge in [-0.3, -0.25) is 9.80 Å². The van der Waals surface area contributed by atoms with Crippen molar-refractivity contribution in [1.82, 2.24) is 9.80 Å². The minimum atomic E-state index is 0.222. The molecule has 2 aliphatic rings. The fourth-order valence-corrected chi connectivity index (χ4v) is 1.87. The van der Waals surface area contributed by atoms with Crippen molar-refractivity contribution in [3.63, 3.8) is 0 Å². The molecule has 0 spiro atoms. The molecule has 2 rings (SSSR count). The van der Waals surface area contributed by atoms with Gasteiger partial charge in [0.25, 0.3) is 0 Å². The number of rotatable bonds is 4. The molecular weight excluding hydrogens is 178 g/mol. The van der Waals surface area contributed by atoms with Crippen molar-refractivity contribution in [2.75, 3.05) is 45.9 Å². The zero-order valence-electron chi connectivity index (χ0n) is 8.48. The van der Waals surface area contributed by atoms with E-state index in [1.165, 1.54) is 6.42 Å². The standard InChI is InChI=1S/C10H17N3O/c11-8-10-9-13(10)3-1-2-12-4-6-14-7-5-12/h10H,1-7,9H2. The molecule has 0 radical (unpaired) electrons. The van der Waals surface area contributed by atoms with E-state index in [9.17, 15) is 0 Å². The normalized spacial score (nSPS) is 32.5. The van der Waals surface area contributed by atoms with Crippen LogP contribution in [0.1, 0.15) is 6.42 Å². The van der Waals surface area contributed by atoms with Crippen LogP contribution in [0.3, 0.4) is 0 Å². The molecule has 0 bridgehead atoms. The summed E-state index contributed by atoms with van der Waals surface area (Å²) in [6.45, 7) is 7.12. The van der Waals surface area contributed by atoms with Crippen LogP contribution >= 0.6 is 0 Å². The number of nitriles is 1. The number of hydrogen-bond donors (Lipinski definition) is 0. The quantitative estimate of drug-likeness (QED) is 0.588. The predicted octanol–water partition coefficient (Wildman–Crippen LogP) is -0.0835. The molecule has 0 aromatic rings. The van der Waals surface area contributed by atoms with E-state index in [0.717, 1.165) is 45.9 Å². The molecule has 2 aliphatic heterocycles. The Kier molecular flexibility index (Phi) is 3.35. The van der Waals surface area contributed by atoms with Crippen molar-refractivity contribution in [1.29, 1.82) is 5.26 Å². The molecule has 2 unspecified atom stereocenters. The van der Waals surface area contributed by atoms with Gasteiger partial charge in [-0.05, 0) is 13.0 Å². The first kappa shape index (κ1) is 9.91. The van der Waals surface area contributed by atoms with Crippen LogP contribution in [-0.2, 0) is 4.74 Å². The highest BCUT2D eigenvalue weighted by Gasteiger charge is 2.32. The number of hydrogen-bond acceptors (Lipinski definition) is 4. The second-order valence-corrected chi connectivity index (χ2v) is 3.95. The summed E-state index contributed by atoms with van der Waals surface area (Å²) in [6.07, 6.45) is 1.18. The summed E-state index contributed by atoms with van der Waals surface area (Å²) in [5.74, 6) is 0.